The van der Waals surface area contributed by atoms with Crippen molar-refractivity contribution in [2.24, 2.45) is 0 Å². The van der Waals surface area contributed by atoms with Gasteiger partial charge in [0.05, 0.1) is 46.1 Å². The van der Waals surface area contributed by atoms with Gasteiger partial charge in [-0.25, -0.2) is 0 Å². The summed E-state index contributed by atoms with van der Waals surface area (Å²) in [4.78, 5) is 37.7. The maximum absolute atomic E-state index is 12.7. The molecule has 0 spiro atoms. The highest BCUT2D eigenvalue weighted by Crippen LogP contribution is 2.38. The molecule has 63 heavy (non-hydrogen) atoms. The van der Waals surface area contributed by atoms with Gasteiger partial charge in [0, 0.05) is 12.8 Å². The number of hydrogen-bond donors (Lipinski definition) is 3. The van der Waals surface area contributed by atoms with Crippen molar-refractivity contribution in [1.82, 2.24) is 0 Å². The Hall–Kier alpha value is -2.93. The summed E-state index contributed by atoms with van der Waals surface area (Å²) in [5.74, 6) is -1.18. The van der Waals surface area contributed by atoms with E-state index in [0.717, 1.165) is 38.5 Å². The van der Waals surface area contributed by atoms with Crippen LogP contribution in [0, 0.1) is 0 Å². The summed E-state index contributed by atoms with van der Waals surface area (Å²) in [6.45, 7) is 3.59. The molecule has 13 heteroatoms. The van der Waals surface area contributed by atoms with Crippen LogP contribution >= 0.6 is 7.82 Å². The third-order valence-electron chi connectivity index (χ3n) is 9.74. The van der Waals surface area contributed by atoms with E-state index in [9.17, 15) is 34.4 Å². The Morgan fingerprint density at radius 3 is 1.84 bits per heavy atom. The normalized spacial score (nSPS) is 15.8. The number of aliphatic hydroxyl groups excluding tert-OH is 3. The molecular weight excluding hydrogens is 822 g/mol. The zero-order chi connectivity index (χ0) is 46.9. The van der Waals surface area contributed by atoms with Crippen LogP contribution in [0.5, 0.6) is 0 Å². The van der Waals surface area contributed by atoms with E-state index < -0.39 is 50.8 Å². The molecular formula is C50H86NO11P. The fourth-order valence-electron chi connectivity index (χ4n) is 5.91. The van der Waals surface area contributed by atoms with E-state index in [1.807, 2.05) is 40.2 Å². The highest BCUT2D eigenvalue weighted by Gasteiger charge is 2.22. The van der Waals surface area contributed by atoms with Gasteiger partial charge in [0.15, 0.2) is 6.10 Å². The molecule has 5 atom stereocenters. The average molecular weight is 908 g/mol. The monoisotopic (exact) mass is 908 g/mol. The molecule has 0 heterocycles. The summed E-state index contributed by atoms with van der Waals surface area (Å²) >= 11 is 0. The Bertz CT molecular complexity index is 1400. The van der Waals surface area contributed by atoms with Crippen molar-refractivity contribution in [1.29, 1.82) is 0 Å². The lowest BCUT2D eigenvalue weighted by atomic mass is 10.1. The molecule has 0 fully saturated rings. The number of allylic oxidation sites excluding steroid dienone is 11. The Morgan fingerprint density at radius 1 is 0.651 bits per heavy atom. The molecule has 362 valence electrons. The topological polar surface area (TPSA) is 172 Å². The third-order valence-corrected chi connectivity index (χ3v) is 10.7. The number of carbonyl (C=O) groups excluding carboxylic acids is 2. The molecule has 0 aromatic carbocycles. The van der Waals surface area contributed by atoms with Crippen molar-refractivity contribution in [2.75, 3.05) is 47.5 Å². The molecule has 0 aromatic heterocycles. The number of ether oxygens (including phenoxy) is 2. The number of quaternary nitrogens is 1. The van der Waals surface area contributed by atoms with Gasteiger partial charge in [-0.15, -0.1) is 0 Å². The first-order valence-corrected chi connectivity index (χ1v) is 25.1. The number of esters is 2. The van der Waals surface area contributed by atoms with Crippen LogP contribution in [0.1, 0.15) is 149 Å². The molecule has 0 saturated carbocycles. The molecule has 0 aliphatic carbocycles. The number of phosphoric acid groups is 1. The summed E-state index contributed by atoms with van der Waals surface area (Å²) in [7, 11) is 0.931. The van der Waals surface area contributed by atoms with E-state index in [0.29, 0.717) is 23.9 Å². The Morgan fingerprint density at radius 2 is 1.22 bits per heavy atom. The highest BCUT2D eigenvalue weighted by molar-refractivity contribution is 7.45. The van der Waals surface area contributed by atoms with Crippen molar-refractivity contribution in [2.45, 2.75) is 173 Å². The molecule has 0 aromatic rings. The molecule has 0 saturated heterocycles. The first-order chi connectivity index (χ1) is 30.2. The first-order valence-electron chi connectivity index (χ1n) is 23.6. The van der Waals surface area contributed by atoms with Gasteiger partial charge < -0.3 is 43.2 Å². The zero-order valence-electron chi connectivity index (χ0n) is 39.6. The maximum Gasteiger partial charge on any atom is 0.306 e. The fraction of sp³-hybridized carbons (Fsp3) is 0.680. The first kappa shape index (κ1) is 60.1. The molecule has 1 unspecified atom stereocenters. The third kappa shape index (κ3) is 42.8. The number of phosphoric ester groups is 1. The van der Waals surface area contributed by atoms with Crippen LogP contribution < -0.4 is 4.89 Å². The van der Waals surface area contributed by atoms with Gasteiger partial charge in [-0.3, -0.25) is 14.2 Å². The molecule has 0 aliphatic rings. The van der Waals surface area contributed by atoms with Crippen molar-refractivity contribution >= 4 is 19.8 Å². The predicted molar refractivity (Wildman–Crippen MR) is 254 cm³/mol. The number of rotatable bonds is 41. The van der Waals surface area contributed by atoms with Crippen LogP contribution in [0.3, 0.4) is 0 Å². The van der Waals surface area contributed by atoms with E-state index in [4.69, 9.17) is 18.5 Å². The summed E-state index contributed by atoms with van der Waals surface area (Å²) in [6.07, 6.45) is 41.2. The number of unbranched alkanes of at least 4 members (excludes halogenated alkanes) is 12. The summed E-state index contributed by atoms with van der Waals surface area (Å²) in [5, 5.41) is 30.6. The van der Waals surface area contributed by atoms with Crippen LogP contribution in [-0.4, -0.2) is 104 Å². The van der Waals surface area contributed by atoms with E-state index in [-0.39, 0.29) is 38.9 Å². The molecule has 3 N–H and O–H groups in total. The van der Waals surface area contributed by atoms with E-state index >= 15 is 0 Å². The molecule has 12 nitrogen and oxygen atoms in total. The van der Waals surface area contributed by atoms with E-state index in [1.165, 1.54) is 63.9 Å². The second kappa shape index (κ2) is 40.6. The molecule has 0 rings (SSSR count). The molecule has 0 bridgehead atoms. The quantitative estimate of drug-likeness (QED) is 0.0133. The molecule has 0 aliphatic heterocycles. The standard InChI is InChI=1S/C50H86NO11P/c1-6-8-10-11-12-13-14-15-16-17-18-19-20-21-22-23-24-29-33-39-49(55)59-43-46(44-61-63(57,58)60-42-41-51(3,4)5)62-50(56)40-34-38-48(54)47(53)37-32-28-26-25-27-31-36-45(52)35-30-9-7-2/h9,12-13,15-16,25-28,30-32,36-37,45-48,52-54H,6-8,10-11,14,17-24,29,33-35,38-44H2,1-5H3/b13-12-,16-15-,27-25+,28-26-,30-9-,36-31+,37-32-/t45-,46+,47+,48+/m0/s1. The van der Waals surface area contributed by atoms with Crippen molar-refractivity contribution in [3.05, 3.63) is 85.1 Å². The van der Waals surface area contributed by atoms with Crippen LogP contribution in [0.25, 0.3) is 0 Å². The summed E-state index contributed by atoms with van der Waals surface area (Å²) in [6, 6.07) is 0. The lowest BCUT2D eigenvalue weighted by Crippen LogP contribution is -2.37. The smallest absolute Gasteiger partial charge is 0.306 e. The Balaban J connectivity index is 4.63. The van der Waals surface area contributed by atoms with Gasteiger partial charge in [-0.1, -0.05) is 157 Å². The number of likely N-dealkylation sites (N-methyl/N-ethyl adjacent to an activating group) is 1. The van der Waals surface area contributed by atoms with Gasteiger partial charge in [0.1, 0.15) is 19.8 Å². The number of nitrogens with zero attached hydrogens (tertiary/aromatic N) is 1. The van der Waals surface area contributed by atoms with Crippen LogP contribution in [-0.2, 0) is 32.7 Å². The Labute approximate surface area is 381 Å². The van der Waals surface area contributed by atoms with Gasteiger partial charge in [0.25, 0.3) is 7.82 Å². The lowest BCUT2D eigenvalue weighted by Gasteiger charge is -2.28. The van der Waals surface area contributed by atoms with Crippen molar-refractivity contribution in [3.63, 3.8) is 0 Å². The minimum absolute atomic E-state index is 0.0897. The number of hydrogen-bond acceptors (Lipinski definition) is 11. The fourth-order valence-corrected chi connectivity index (χ4v) is 6.64. The summed E-state index contributed by atoms with van der Waals surface area (Å²) < 4.78 is 33.7. The van der Waals surface area contributed by atoms with Gasteiger partial charge in [-0.2, -0.15) is 0 Å². The second-order valence-electron chi connectivity index (χ2n) is 17.0. The van der Waals surface area contributed by atoms with Crippen molar-refractivity contribution in [3.8, 4) is 0 Å². The van der Waals surface area contributed by atoms with Crippen LogP contribution in [0.15, 0.2) is 85.1 Å². The maximum atomic E-state index is 12.7. The average Bonchev–Trinajstić information content (AvgIpc) is 3.23. The second-order valence-corrected chi connectivity index (χ2v) is 18.4. The molecule has 0 amide bonds. The number of aliphatic hydroxyl groups is 3. The zero-order valence-corrected chi connectivity index (χ0v) is 40.5. The molecule has 0 radical (unpaired) electrons. The largest absolute Gasteiger partial charge is 0.756 e. The lowest BCUT2D eigenvalue weighted by molar-refractivity contribution is -0.870. The van der Waals surface area contributed by atoms with E-state index in [2.05, 4.69) is 31.2 Å². The van der Waals surface area contributed by atoms with Gasteiger partial charge in [0.2, 0.25) is 0 Å². The van der Waals surface area contributed by atoms with Gasteiger partial charge >= 0.3 is 11.9 Å². The minimum atomic E-state index is -4.73. The SMILES string of the molecule is CC/C=C\C[C@H](O)/C=C/C=C/C=C\C=C/[C@@H](O)[C@H](O)CCCC(=O)O[C@H](COC(=O)CCCCCCCCCCC/C=C\C/C=C\CCCCC)COP(=O)([O-])OCC[N+](C)(C)C. The van der Waals surface area contributed by atoms with Crippen LogP contribution in [0.4, 0.5) is 0 Å². The predicted octanol–water partition coefficient (Wildman–Crippen LogP) is 9.86. The minimum Gasteiger partial charge on any atom is -0.756 e. The van der Waals surface area contributed by atoms with Gasteiger partial charge in [-0.05, 0) is 64.2 Å². The van der Waals surface area contributed by atoms with Crippen molar-refractivity contribution < 1.29 is 57.4 Å². The van der Waals surface area contributed by atoms with Crippen LogP contribution in [0.2, 0.25) is 0 Å². The van der Waals surface area contributed by atoms with E-state index in [1.54, 1.807) is 42.5 Å². The number of carbonyl (C=O) groups is 2. The highest BCUT2D eigenvalue weighted by atomic mass is 31.2. The Kier molecular flexibility index (Phi) is 38.7. The summed E-state index contributed by atoms with van der Waals surface area (Å²) in [5.41, 5.74) is 0.